The Labute approximate surface area is 108 Å². The molecular weight excluding hydrogens is 234 g/mol. The molecule has 1 rings (SSSR count). The summed E-state index contributed by atoms with van der Waals surface area (Å²) in [6, 6.07) is -0.167. The molecule has 1 saturated heterocycles. The number of likely N-dealkylation sites (N-methyl/N-ethyl adjacent to an activating group) is 1. The predicted molar refractivity (Wildman–Crippen MR) is 68.5 cm³/mol. The maximum atomic E-state index is 12.4. The molecule has 18 heavy (non-hydrogen) atoms. The molecule has 0 saturated carbocycles. The number of hydrogen-bond acceptors (Lipinski definition) is 3. The van der Waals surface area contributed by atoms with Crippen LogP contribution in [0.5, 0.6) is 0 Å². The lowest BCUT2D eigenvalue weighted by Crippen LogP contribution is -2.58. The van der Waals surface area contributed by atoms with Gasteiger partial charge in [0.25, 0.3) is 0 Å². The highest BCUT2D eigenvalue weighted by atomic mass is 16.4. The van der Waals surface area contributed by atoms with E-state index in [0.29, 0.717) is 6.54 Å². The molecule has 0 bridgehead atoms. The van der Waals surface area contributed by atoms with E-state index in [4.69, 9.17) is 5.11 Å². The standard InChI is InChI=1S/C12H23N3O3/c1-9(2)15(8-11(16)17)12(18)14-6-5-13(4)7-10(14)3/h9-10H,5-8H2,1-4H3,(H,16,17). The van der Waals surface area contributed by atoms with Crippen LogP contribution in [-0.2, 0) is 4.79 Å². The van der Waals surface area contributed by atoms with Gasteiger partial charge in [0, 0.05) is 31.7 Å². The lowest BCUT2D eigenvalue weighted by Gasteiger charge is -2.41. The van der Waals surface area contributed by atoms with Crippen LogP contribution in [0, 0.1) is 0 Å². The average Bonchev–Trinajstić information content (AvgIpc) is 2.24. The molecule has 1 aliphatic heterocycles. The van der Waals surface area contributed by atoms with E-state index in [9.17, 15) is 9.59 Å². The number of carbonyl (C=O) groups excluding carboxylic acids is 1. The summed E-state index contributed by atoms with van der Waals surface area (Å²) in [5, 5.41) is 8.87. The molecule has 0 spiro atoms. The first-order chi connectivity index (χ1) is 8.32. The van der Waals surface area contributed by atoms with Gasteiger partial charge in [0.1, 0.15) is 6.54 Å². The van der Waals surface area contributed by atoms with Crippen molar-refractivity contribution < 1.29 is 14.7 Å². The number of nitrogens with zero attached hydrogens (tertiary/aromatic N) is 3. The lowest BCUT2D eigenvalue weighted by atomic mass is 10.2. The van der Waals surface area contributed by atoms with Gasteiger partial charge in [0.05, 0.1) is 0 Å². The zero-order valence-corrected chi connectivity index (χ0v) is 11.6. The van der Waals surface area contributed by atoms with E-state index in [1.807, 2.05) is 27.8 Å². The van der Waals surface area contributed by atoms with Crippen LogP contribution < -0.4 is 0 Å². The summed E-state index contributed by atoms with van der Waals surface area (Å²) in [6.45, 7) is 7.73. The number of urea groups is 1. The van der Waals surface area contributed by atoms with E-state index < -0.39 is 5.97 Å². The molecule has 1 unspecified atom stereocenters. The van der Waals surface area contributed by atoms with Crippen LogP contribution in [0.4, 0.5) is 4.79 Å². The van der Waals surface area contributed by atoms with Crippen molar-refractivity contribution >= 4 is 12.0 Å². The van der Waals surface area contributed by atoms with Crippen molar-refractivity contribution in [2.24, 2.45) is 0 Å². The summed E-state index contributed by atoms with van der Waals surface area (Å²) in [6.07, 6.45) is 0. The van der Waals surface area contributed by atoms with Crippen LogP contribution in [0.3, 0.4) is 0 Å². The fourth-order valence-corrected chi connectivity index (χ4v) is 2.21. The Morgan fingerprint density at radius 2 is 2.00 bits per heavy atom. The Balaban J connectivity index is 2.73. The third-order valence-electron chi connectivity index (χ3n) is 3.25. The van der Waals surface area contributed by atoms with Gasteiger partial charge in [-0.3, -0.25) is 4.79 Å². The fourth-order valence-electron chi connectivity index (χ4n) is 2.21. The summed E-state index contributed by atoms with van der Waals surface area (Å²) in [5.74, 6) is -0.973. The third kappa shape index (κ3) is 3.60. The Morgan fingerprint density at radius 1 is 1.39 bits per heavy atom. The number of amides is 2. The number of carbonyl (C=O) groups is 2. The van der Waals surface area contributed by atoms with Crippen LogP contribution in [0.15, 0.2) is 0 Å². The van der Waals surface area contributed by atoms with Crippen LogP contribution in [0.25, 0.3) is 0 Å². The van der Waals surface area contributed by atoms with Crippen molar-refractivity contribution in [3.05, 3.63) is 0 Å². The van der Waals surface area contributed by atoms with Gasteiger partial charge in [-0.05, 0) is 27.8 Å². The molecule has 0 aliphatic carbocycles. The summed E-state index contributed by atoms with van der Waals surface area (Å²) in [5.41, 5.74) is 0. The second kappa shape index (κ2) is 6.04. The summed E-state index contributed by atoms with van der Waals surface area (Å²) < 4.78 is 0. The smallest absolute Gasteiger partial charge is 0.323 e. The molecule has 6 heteroatoms. The first-order valence-corrected chi connectivity index (χ1v) is 6.30. The zero-order valence-electron chi connectivity index (χ0n) is 11.6. The molecule has 1 fully saturated rings. The Hall–Kier alpha value is -1.30. The minimum Gasteiger partial charge on any atom is -0.480 e. The van der Waals surface area contributed by atoms with E-state index in [2.05, 4.69) is 4.90 Å². The van der Waals surface area contributed by atoms with Crippen LogP contribution in [0.1, 0.15) is 20.8 Å². The molecule has 6 nitrogen and oxygen atoms in total. The molecule has 0 aromatic rings. The van der Waals surface area contributed by atoms with Crippen molar-refractivity contribution in [3.8, 4) is 0 Å². The van der Waals surface area contributed by atoms with Crippen LogP contribution in [0.2, 0.25) is 0 Å². The van der Waals surface area contributed by atoms with Crippen molar-refractivity contribution in [1.82, 2.24) is 14.7 Å². The number of hydrogen-bond donors (Lipinski definition) is 1. The maximum absolute atomic E-state index is 12.4. The second-order valence-electron chi connectivity index (χ2n) is 5.20. The van der Waals surface area contributed by atoms with Gasteiger partial charge in [-0.2, -0.15) is 0 Å². The van der Waals surface area contributed by atoms with Crippen molar-refractivity contribution in [1.29, 1.82) is 0 Å². The molecule has 0 aromatic heterocycles. The minimum atomic E-state index is -0.973. The van der Waals surface area contributed by atoms with Crippen molar-refractivity contribution in [2.45, 2.75) is 32.9 Å². The topological polar surface area (TPSA) is 64.1 Å². The molecule has 1 heterocycles. The van der Waals surface area contributed by atoms with E-state index >= 15 is 0 Å². The normalized spacial score (nSPS) is 21.2. The highest BCUT2D eigenvalue weighted by Crippen LogP contribution is 2.12. The van der Waals surface area contributed by atoms with E-state index in [1.165, 1.54) is 4.90 Å². The number of carboxylic acid groups (broad SMARTS) is 1. The molecule has 104 valence electrons. The Morgan fingerprint density at radius 3 is 2.44 bits per heavy atom. The predicted octanol–water partition coefficient (Wildman–Crippen LogP) is 0.537. The first-order valence-electron chi connectivity index (χ1n) is 6.30. The number of carboxylic acids is 1. The number of aliphatic carboxylic acids is 1. The second-order valence-corrected chi connectivity index (χ2v) is 5.20. The van der Waals surface area contributed by atoms with Crippen molar-refractivity contribution in [2.75, 3.05) is 33.2 Å². The third-order valence-corrected chi connectivity index (χ3v) is 3.25. The van der Waals surface area contributed by atoms with Gasteiger partial charge in [-0.1, -0.05) is 0 Å². The molecule has 0 radical (unpaired) electrons. The number of rotatable bonds is 3. The summed E-state index contributed by atoms with van der Waals surface area (Å²) in [4.78, 5) is 28.5. The molecule has 1 N–H and O–H groups in total. The van der Waals surface area contributed by atoms with E-state index in [1.54, 1.807) is 4.90 Å². The number of piperazine rings is 1. The van der Waals surface area contributed by atoms with Gasteiger partial charge in [-0.15, -0.1) is 0 Å². The lowest BCUT2D eigenvalue weighted by molar-refractivity contribution is -0.138. The Kier molecular flexibility index (Phi) is 4.95. The largest absolute Gasteiger partial charge is 0.480 e. The van der Waals surface area contributed by atoms with Gasteiger partial charge in [-0.25, -0.2) is 4.79 Å². The zero-order chi connectivity index (χ0) is 13.9. The van der Waals surface area contributed by atoms with E-state index in [-0.39, 0.29) is 24.7 Å². The highest BCUT2D eigenvalue weighted by molar-refractivity contribution is 5.80. The van der Waals surface area contributed by atoms with Crippen molar-refractivity contribution in [3.63, 3.8) is 0 Å². The monoisotopic (exact) mass is 257 g/mol. The molecule has 0 aromatic carbocycles. The van der Waals surface area contributed by atoms with Gasteiger partial charge >= 0.3 is 12.0 Å². The van der Waals surface area contributed by atoms with Crippen LogP contribution in [-0.4, -0.2) is 77.1 Å². The summed E-state index contributed by atoms with van der Waals surface area (Å²) in [7, 11) is 2.02. The summed E-state index contributed by atoms with van der Waals surface area (Å²) >= 11 is 0. The maximum Gasteiger partial charge on any atom is 0.323 e. The Bertz CT molecular complexity index is 320. The molecule has 2 amide bonds. The van der Waals surface area contributed by atoms with Gasteiger partial charge in [0.15, 0.2) is 0 Å². The van der Waals surface area contributed by atoms with E-state index in [0.717, 1.165) is 13.1 Å². The van der Waals surface area contributed by atoms with Gasteiger partial charge in [0.2, 0.25) is 0 Å². The van der Waals surface area contributed by atoms with Crippen LogP contribution >= 0.6 is 0 Å². The fraction of sp³-hybridized carbons (Fsp3) is 0.833. The molecule has 1 aliphatic rings. The molecule has 1 atom stereocenters. The van der Waals surface area contributed by atoms with Gasteiger partial charge < -0.3 is 19.8 Å². The first kappa shape index (κ1) is 14.8. The molecular formula is C12H23N3O3. The highest BCUT2D eigenvalue weighted by Gasteiger charge is 2.31. The quantitative estimate of drug-likeness (QED) is 0.801. The minimum absolute atomic E-state index is 0.111. The SMILES string of the molecule is CC(C)N(CC(=O)O)C(=O)N1CCN(C)CC1C. The average molecular weight is 257 g/mol.